The van der Waals surface area contributed by atoms with E-state index in [1.807, 2.05) is 26.0 Å². The summed E-state index contributed by atoms with van der Waals surface area (Å²) in [6.07, 6.45) is 0. The van der Waals surface area contributed by atoms with Gasteiger partial charge >= 0.3 is 0 Å². The molecule has 5 heteroatoms. The van der Waals surface area contributed by atoms with Crippen LogP contribution >= 0.6 is 11.6 Å². The first-order chi connectivity index (χ1) is 10.6. The van der Waals surface area contributed by atoms with Crippen molar-refractivity contribution >= 4 is 23.2 Å². The van der Waals surface area contributed by atoms with Gasteiger partial charge in [-0.1, -0.05) is 23.7 Å². The molecular formula is C17H18ClNO3. The van der Waals surface area contributed by atoms with E-state index in [0.29, 0.717) is 34.4 Å². The second-order valence-corrected chi connectivity index (χ2v) is 5.09. The predicted molar refractivity (Wildman–Crippen MR) is 88.3 cm³/mol. The normalized spacial score (nSPS) is 10.2. The number of ether oxygens (including phenoxy) is 2. The third kappa shape index (κ3) is 3.52. The Kier molecular flexibility index (Phi) is 5.28. The highest BCUT2D eigenvalue weighted by Gasteiger charge is 2.13. The van der Waals surface area contributed by atoms with Gasteiger partial charge in [0.1, 0.15) is 0 Å². The molecule has 0 aliphatic carbocycles. The number of hydrogen-bond donors (Lipinski definition) is 1. The summed E-state index contributed by atoms with van der Waals surface area (Å²) < 4.78 is 10.7. The van der Waals surface area contributed by atoms with Crippen LogP contribution in [0.25, 0.3) is 0 Å². The molecule has 0 heterocycles. The van der Waals surface area contributed by atoms with Crippen molar-refractivity contribution in [1.29, 1.82) is 0 Å². The molecule has 1 N–H and O–H groups in total. The van der Waals surface area contributed by atoms with Crippen LogP contribution in [0.15, 0.2) is 36.4 Å². The van der Waals surface area contributed by atoms with Crippen LogP contribution in [0.3, 0.4) is 0 Å². The zero-order chi connectivity index (χ0) is 16.1. The lowest BCUT2D eigenvalue weighted by atomic mass is 10.1. The second kappa shape index (κ2) is 7.18. The van der Waals surface area contributed by atoms with E-state index in [9.17, 15) is 4.79 Å². The molecule has 2 aromatic rings. The van der Waals surface area contributed by atoms with Crippen LogP contribution in [0.4, 0.5) is 5.69 Å². The predicted octanol–water partition coefficient (Wildman–Crippen LogP) is 4.31. The standard InChI is InChI=1S/C17H18ClNO3/c1-4-22-15-10-12(8-9-14(15)21-3)17(20)19-16-11(2)6-5-7-13(16)18/h5-10H,4H2,1-3H3,(H,19,20). The maximum atomic E-state index is 12.4. The molecule has 0 atom stereocenters. The number of rotatable bonds is 5. The fourth-order valence-corrected chi connectivity index (χ4v) is 2.33. The SMILES string of the molecule is CCOc1cc(C(=O)Nc2c(C)cccc2Cl)ccc1OC. The van der Waals surface area contributed by atoms with Crippen molar-refractivity contribution < 1.29 is 14.3 Å². The number of aryl methyl sites for hydroxylation is 1. The van der Waals surface area contributed by atoms with Crippen LogP contribution in [0.1, 0.15) is 22.8 Å². The summed E-state index contributed by atoms with van der Waals surface area (Å²) in [7, 11) is 1.56. The second-order valence-electron chi connectivity index (χ2n) is 4.68. The van der Waals surface area contributed by atoms with Gasteiger partial charge in [0.2, 0.25) is 0 Å². The number of para-hydroxylation sites is 1. The Morgan fingerprint density at radius 2 is 2.00 bits per heavy atom. The van der Waals surface area contributed by atoms with Crippen molar-refractivity contribution in [3.8, 4) is 11.5 Å². The molecule has 0 aliphatic heterocycles. The van der Waals surface area contributed by atoms with E-state index in [4.69, 9.17) is 21.1 Å². The minimum Gasteiger partial charge on any atom is -0.493 e. The first-order valence-corrected chi connectivity index (χ1v) is 7.32. The van der Waals surface area contributed by atoms with Gasteiger partial charge in [0.25, 0.3) is 5.91 Å². The van der Waals surface area contributed by atoms with Gasteiger partial charge in [-0.3, -0.25) is 4.79 Å². The number of carbonyl (C=O) groups excluding carboxylic acids is 1. The average molecular weight is 320 g/mol. The van der Waals surface area contributed by atoms with Crippen molar-refractivity contribution in [2.45, 2.75) is 13.8 Å². The number of benzene rings is 2. The fourth-order valence-electron chi connectivity index (χ4n) is 2.06. The number of halogens is 1. The quantitative estimate of drug-likeness (QED) is 0.893. The monoisotopic (exact) mass is 319 g/mol. The molecule has 0 spiro atoms. The van der Waals surface area contributed by atoms with Crippen LogP contribution in [-0.2, 0) is 0 Å². The number of nitrogens with one attached hydrogen (secondary N) is 1. The van der Waals surface area contributed by atoms with Gasteiger partial charge in [0, 0.05) is 5.56 Å². The van der Waals surface area contributed by atoms with Gasteiger partial charge in [0.15, 0.2) is 11.5 Å². The summed E-state index contributed by atoms with van der Waals surface area (Å²) in [4.78, 5) is 12.4. The van der Waals surface area contributed by atoms with Crippen molar-refractivity contribution in [3.63, 3.8) is 0 Å². The fraction of sp³-hybridized carbons (Fsp3) is 0.235. The summed E-state index contributed by atoms with van der Waals surface area (Å²) in [5, 5.41) is 3.34. The number of hydrogen-bond acceptors (Lipinski definition) is 3. The number of anilines is 1. The molecule has 0 aliphatic rings. The smallest absolute Gasteiger partial charge is 0.255 e. The van der Waals surface area contributed by atoms with Crippen molar-refractivity contribution in [1.82, 2.24) is 0 Å². The molecule has 0 fully saturated rings. The molecule has 22 heavy (non-hydrogen) atoms. The zero-order valence-electron chi connectivity index (χ0n) is 12.8. The third-order valence-corrected chi connectivity index (χ3v) is 3.50. The average Bonchev–Trinajstić information content (AvgIpc) is 2.51. The van der Waals surface area contributed by atoms with Gasteiger partial charge in [0.05, 0.1) is 24.4 Å². The van der Waals surface area contributed by atoms with Gasteiger partial charge in [-0.05, 0) is 43.7 Å². The van der Waals surface area contributed by atoms with Crippen LogP contribution in [-0.4, -0.2) is 19.6 Å². The Morgan fingerprint density at radius 1 is 1.23 bits per heavy atom. The summed E-state index contributed by atoms with van der Waals surface area (Å²) >= 11 is 6.13. The van der Waals surface area contributed by atoms with E-state index in [0.717, 1.165) is 5.56 Å². The lowest BCUT2D eigenvalue weighted by Gasteiger charge is -2.13. The summed E-state index contributed by atoms with van der Waals surface area (Å²) in [6, 6.07) is 10.5. The van der Waals surface area contributed by atoms with E-state index < -0.39 is 0 Å². The first kappa shape index (κ1) is 16.2. The molecular weight excluding hydrogens is 302 g/mol. The van der Waals surface area contributed by atoms with Gasteiger partial charge in [-0.2, -0.15) is 0 Å². The van der Waals surface area contributed by atoms with E-state index in [-0.39, 0.29) is 5.91 Å². The van der Waals surface area contributed by atoms with Gasteiger partial charge in [-0.25, -0.2) is 0 Å². The molecule has 2 rings (SSSR count). The molecule has 1 amide bonds. The van der Waals surface area contributed by atoms with Gasteiger partial charge < -0.3 is 14.8 Å². The summed E-state index contributed by atoms with van der Waals surface area (Å²) in [6.45, 7) is 4.26. The number of methoxy groups -OCH3 is 1. The zero-order valence-corrected chi connectivity index (χ0v) is 13.5. The van der Waals surface area contributed by atoms with Crippen LogP contribution in [0.5, 0.6) is 11.5 Å². The highest BCUT2D eigenvalue weighted by Crippen LogP contribution is 2.30. The summed E-state index contributed by atoms with van der Waals surface area (Å²) in [5.74, 6) is 0.876. The Labute approximate surface area is 135 Å². The van der Waals surface area contributed by atoms with Gasteiger partial charge in [-0.15, -0.1) is 0 Å². The Bertz CT molecular complexity index is 665. The van der Waals surface area contributed by atoms with Crippen LogP contribution in [0, 0.1) is 6.92 Å². The molecule has 0 radical (unpaired) electrons. The molecule has 0 unspecified atom stereocenters. The van der Waals surface area contributed by atoms with Crippen LogP contribution < -0.4 is 14.8 Å². The van der Waals surface area contributed by atoms with E-state index >= 15 is 0 Å². The Morgan fingerprint density at radius 3 is 2.64 bits per heavy atom. The molecule has 4 nitrogen and oxygen atoms in total. The minimum absolute atomic E-state index is 0.250. The van der Waals surface area contributed by atoms with Crippen molar-refractivity contribution in [3.05, 3.63) is 52.5 Å². The van der Waals surface area contributed by atoms with E-state index in [2.05, 4.69) is 5.32 Å². The lowest BCUT2D eigenvalue weighted by molar-refractivity contribution is 0.102. The maximum absolute atomic E-state index is 12.4. The number of amides is 1. The minimum atomic E-state index is -0.250. The van der Waals surface area contributed by atoms with E-state index in [1.165, 1.54) is 0 Å². The molecule has 2 aromatic carbocycles. The highest BCUT2D eigenvalue weighted by molar-refractivity contribution is 6.34. The molecule has 0 bridgehead atoms. The molecule has 0 aromatic heterocycles. The molecule has 0 saturated heterocycles. The number of carbonyl (C=O) groups is 1. The molecule has 116 valence electrons. The first-order valence-electron chi connectivity index (χ1n) is 6.94. The maximum Gasteiger partial charge on any atom is 0.255 e. The van der Waals surface area contributed by atoms with Crippen molar-refractivity contribution in [2.24, 2.45) is 0 Å². The Balaban J connectivity index is 2.28. The topological polar surface area (TPSA) is 47.6 Å². The van der Waals surface area contributed by atoms with Crippen molar-refractivity contribution in [2.75, 3.05) is 19.0 Å². The summed E-state index contributed by atoms with van der Waals surface area (Å²) in [5.41, 5.74) is 1.99. The molecule has 0 saturated carbocycles. The lowest BCUT2D eigenvalue weighted by Crippen LogP contribution is -2.13. The largest absolute Gasteiger partial charge is 0.493 e. The van der Waals surface area contributed by atoms with E-state index in [1.54, 1.807) is 31.4 Å². The third-order valence-electron chi connectivity index (χ3n) is 3.19. The Hall–Kier alpha value is -2.20. The highest BCUT2D eigenvalue weighted by atomic mass is 35.5. The van der Waals surface area contributed by atoms with Crippen LogP contribution in [0.2, 0.25) is 5.02 Å².